The highest BCUT2D eigenvalue weighted by molar-refractivity contribution is 6.67. The maximum atomic E-state index is 6.35. The molecule has 0 aliphatic rings. The van der Waals surface area contributed by atoms with Crippen LogP contribution >= 0.6 is 34.8 Å². The number of rotatable bonds is 0. The lowest BCUT2D eigenvalue weighted by atomic mass is 10.5. The number of hydrogen-bond acceptors (Lipinski definition) is 0. The molecular weight excluding hydrogens is 154 g/mol. The van der Waals surface area contributed by atoms with Crippen LogP contribution < -0.4 is 0 Å². The van der Waals surface area contributed by atoms with Gasteiger partial charge in [-0.2, -0.15) is 0 Å². The molecule has 0 rings (SSSR count). The van der Waals surface area contributed by atoms with Gasteiger partial charge in [0.05, 0.1) is 6.42 Å². The van der Waals surface area contributed by atoms with E-state index < -0.39 is 3.79 Å². The van der Waals surface area contributed by atoms with Crippen molar-refractivity contribution in [1.29, 1.82) is 0 Å². The summed E-state index contributed by atoms with van der Waals surface area (Å²) in [6.45, 7) is 0. The van der Waals surface area contributed by atoms with Crippen LogP contribution in [0.15, 0.2) is 0 Å². The highest BCUT2D eigenvalue weighted by Gasteiger charge is 2.16. The van der Waals surface area contributed by atoms with Gasteiger partial charge < -0.3 is 0 Å². The molecule has 1 radical (unpaired) electrons. The fraction of sp³-hybridized carbons (Fsp3) is 0.500. The molecule has 0 N–H and O–H groups in total. The molecule has 0 saturated heterocycles. The van der Waals surface area contributed by atoms with Gasteiger partial charge in [0.2, 0.25) is 3.79 Å². The Kier molecular flexibility index (Phi) is 2.83. The molecule has 0 aromatic heterocycles. The smallest absolute Gasteiger partial charge is 0.0846 e. The molecule has 0 fully saturated rings. The fourth-order valence-electron chi connectivity index (χ4n) is 0.100. The zero-order valence-electron chi connectivity index (χ0n) is 3.34. The largest absolute Gasteiger partial charge is 0.201 e. The number of alkyl halides is 3. The van der Waals surface area contributed by atoms with Gasteiger partial charge >= 0.3 is 0 Å². The normalized spacial score (nSPS) is 10.6. The predicted octanol–water partition coefficient (Wildman–Crippen LogP) is 2.34. The molecule has 0 heterocycles. The van der Waals surface area contributed by atoms with Crippen LogP contribution in [-0.2, 0) is 0 Å². The summed E-state index contributed by atoms with van der Waals surface area (Å²) in [5, 5.41) is 0. The fourth-order valence-corrected chi connectivity index (χ4v) is 0.301. The molecule has 0 saturated carbocycles. The van der Waals surface area contributed by atoms with E-state index >= 15 is 0 Å². The van der Waals surface area contributed by atoms with Crippen molar-refractivity contribution in [3.05, 3.63) is 6.42 Å². The minimum atomic E-state index is -1.33. The molecule has 0 aliphatic heterocycles. The quantitative estimate of drug-likeness (QED) is 0.373. The first kappa shape index (κ1) is 7.43. The van der Waals surface area contributed by atoms with Gasteiger partial charge in [0.1, 0.15) is 0 Å². The molecule has 7 heavy (non-hydrogen) atoms. The standard InChI is InChI=1S/C4H2Cl3/c1-2-3-4(5,6)7/h3H2. The molecule has 0 aromatic carbocycles. The Morgan fingerprint density at radius 2 is 1.86 bits per heavy atom. The van der Waals surface area contributed by atoms with E-state index in [0.717, 1.165) is 0 Å². The first-order valence-electron chi connectivity index (χ1n) is 1.52. The lowest BCUT2D eigenvalue weighted by Gasteiger charge is -2.01. The zero-order chi connectivity index (χ0) is 5.91. The van der Waals surface area contributed by atoms with Crippen molar-refractivity contribution >= 4 is 34.8 Å². The summed E-state index contributed by atoms with van der Waals surface area (Å²) in [7, 11) is 0. The van der Waals surface area contributed by atoms with Crippen LogP contribution in [0.3, 0.4) is 0 Å². The van der Waals surface area contributed by atoms with Gasteiger partial charge in [-0.1, -0.05) is 40.7 Å². The molecule has 0 amide bonds. The Bertz CT molecular complexity index is 84.1. The Balaban J connectivity index is 3.40. The third-order valence-electron chi connectivity index (χ3n) is 0.289. The molecule has 0 spiro atoms. The van der Waals surface area contributed by atoms with Crippen molar-refractivity contribution in [2.75, 3.05) is 0 Å². The molecule has 0 unspecified atom stereocenters. The summed E-state index contributed by atoms with van der Waals surface area (Å²) in [4.78, 5) is 0. The van der Waals surface area contributed by atoms with Crippen LogP contribution in [0.5, 0.6) is 0 Å². The molecule has 0 nitrogen and oxygen atoms in total. The zero-order valence-corrected chi connectivity index (χ0v) is 5.61. The minimum absolute atomic E-state index is 0.0532. The van der Waals surface area contributed by atoms with Gasteiger partial charge in [-0.05, 0) is 6.42 Å². The topological polar surface area (TPSA) is 0 Å². The van der Waals surface area contributed by atoms with Crippen molar-refractivity contribution in [3.63, 3.8) is 0 Å². The summed E-state index contributed by atoms with van der Waals surface area (Å²) in [6, 6.07) is 0. The van der Waals surface area contributed by atoms with Crippen LogP contribution in [-0.4, -0.2) is 3.79 Å². The SMILES string of the molecule is [C]#CCC(Cl)(Cl)Cl. The Morgan fingerprint density at radius 3 is 1.86 bits per heavy atom. The molecular formula is C4H2Cl3. The average molecular weight is 156 g/mol. The predicted molar refractivity (Wildman–Crippen MR) is 32.0 cm³/mol. The average Bonchev–Trinajstić information content (AvgIpc) is 1.30. The van der Waals surface area contributed by atoms with E-state index in [9.17, 15) is 0 Å². The molecule has 3 heteroatoms. The van der Waals surface area contributed by atoms with Gasteiger partial charge in [0, 0.05) is 0 Å². The van der Waals surface area contributed by atoms with Gasteiger partial charge in [0.25, 0.3) is 0 Å². The first-order valence-corrected chi connectivity index (χ1v) is 2.66. The summed E-state index contributed by atoms with van der Waals surface area (Å²) in [6.07, 6.45) is 6.41. The third kappa shape index (κ3) is 6.43. The summed E-state index contributed by atoms with van der Waals surface area (Å²) in [5.74, 6) is 1.96. The van der Waals surface area contributed by atoms with Gasteiger partial charge in [0.15, 0.2) is 0 Å². The van der Waals surface area contributed by atoms with Crippen molar-refractivity contribution in [1.82, 2.24) is 0 Å². The van der Waals surface area contributed by atoms with Crippen molar-refractivity contribution in [2.45, 2.75) is 10.2 Å². The number of hydrogen-bond donors (Lipinski definition) is 0. The molecule has 39 valence electrons. The van der Waals surface area contributed by atoms with Gasteiger partial charge in [-0.15, -0.1) is 0 Å². The van der Waals surface area contributed by atoms with Crippen LogP contribution in [0.2, 0.25) is 0 Å². The lowest BCUT2D eigenvalue weighted by Crippen LogP contribution is -1.97. The minimum Gasteiger partial charge on any atom is -0.0846 e. The second kappa shape index (κ2) is 2.67. The molecule has 0 aliphatic carbocycles. The summed E-state index contributed by atoms with van der Waals surface area (Å²) < 4.78 is -1.33. The Hall–Kier alpha value is 0.430. The Labute approximate surface area is 57.7 Å². The van der Waals surface area contributed by atoms with Crippen molar-refractivity contribution < 1.29 is 0 Å². The van der Waals surface area contributed by atoms with E-state index in [4.69, 9.17) is 41.2 Å². The van der Waals surface area contributed by atoms with E-state index in [0.29, 0.717) is 0 Å². The third-order valence-corrected chi connectivity index (χ3v) is 0.690. The maximum Gasteiger partial charge on any atom is 0.201 e. The first-order chi connectivity index (χ1) is 3.06. The highest BCUT2D eigenvalue weighted by atomic mass is 35.6. The van der Waals surface area contributed by atoms with E-state index in [1.165, 1.54) is 0 Å². The van der Waals surface area contributed by atoms with Crippen LogP contribution in [0.25, 0.3) is 0 Å². The maximum absolute atomic E-state index is 6.35. The lowest BCUT2D eigenvalue weighted by molar-refractivity contribution is 1.11. The van der Waals surface area contributed by atoms with E-state index in [-0.39, 0.29) is 6.42 Å². The molecule has 0 atom stereocenters. The van der Waals surface area contributed by atoms with E-state index in [1.807, 2.05) is 5.92 Å². The summed E-state index contributed by atoms with van der Waals surface area (Å²) >= 11 is 15.5. The number of halogens is 3. The van der Waals surface area contributed by atoms with Crippen molar-refractivity contribution in [2.24, 2.45) is 0 Å². The highest BCUT2D eigenvalue weighted by Crippen LogP contribution is 2.28. The van der Waals surface area contributed by atoms with Crippen LogP contribution in [0.4, 0.5) is 0 Å². The van der Waals surface area contributed by atoms with Crippen LogP contribution in [0, 0.1) is 12.3 Å². The second-order valence-electron chi connectivity index (χ2n) is 0.969. The monoisotopic (exact) mass is 155 g/mol. The molecule has 0 aromatic rings. The van der Waals surface area contributed by atoms with Gasteiger partial charge in [-0.3, -0.25) is 0 Å². The van der Waals surface area contributed by atoms with Crippen LogP contribution in [0.1, 0.15) is 6.42 Å². The second-order valence-corrected chi connectivity index (χ2v) is 3.48. The van der Waals surface area contributed by atoms with Crippen molar-refractivity contribution in [3.8, 4) is 5.92 Å². The van der Waals surface area contributed by atoms with E-state index in [2.05, 4.69) is 0 Å². The summed E-state index contributed by atoms with van der Waals surface area (Å²) in [5.41, 5.74) is 0. The van der Waals surface area contributed by atoms with E-state index in [1.54, 1.807) is 0 Å². The molecule has 0 bridgehead atoms. The van der Waals surface area contributed by atoms with Gasteiger partial charge in [-0.25, -0.2) is 0 Å². The Morgan fingerprint density at radius 1 is 1.43 bits per heavy atom.